The van der Waals surface area contributed by atoms with Crippen LogP contribution < -0.4 is 0 Å². The van der Waals surface area contributed by atoms with E-state index in [1.165, 1.54) is 57.8 Å². The molecule has 0 heteroatoms. The molecule has 0 aromatic heterocycles. The van der Waals surface area contributed by atoms with Gasteiger partial charge in [0.15, 0.2) is 0 Å². The van der Waals surface area contributed by atoms with Crippen LogP contribution in [0.5, 0.6) is 0 Å². The Kier molecular flexibility index (Phi) is 8.13. The smallest absolute Gasteiger partial charge is 0.0233 e. The molecule has 0 saturated heterocycles. The van der Waals surface area contributed by atoms with Crippen LogP contribution in [0.3, 0.4) is 0 Å². The third-order valence-electron chi connectivity index (χ3n) is 4.00. The Morgan fingerprint density at radius 2 is 1.76 bits per heavy atom. The summed E-state index contributed by atoms with van der Waals surface area (Å²) in [5, 5.41) is 0. The third kappa shape index (κ3) is 6.71. The molecule has 0 radical (unpaired) electrons. The first-order valence-electron chi connectivity index (χ1n) is 7.64. The third-order valence-corrected chi connectivity index (χ3v) is 4.00. The molecule has 0 N–H and O–H groups in total. The predicted molar refractivity (Wildman–Crippen MR) is 78.2 cm³/mol. The first-order chi connectivity index (χ1) is 8.36. The molecule has 0 atom stereocenters. The summed E-state index contributed by atoms with van der Waals surface area (Å²) < 4.78 is 0. The van der Waals surface area contributed by atoms with Gasteiger partial charge < -0.3 is 0 Å². The zero-order valence-corrected chi connectivity index (χ0v) is 11.8. The molecule has 0 aromatic carbocycles. The number of rotatable bonds is 7. The summed E-state index contributed by atoms with van der Waals surface area (Å²) in [6, 6.07) is 0. The SMILES string of the molecule is C/C=C/CCC1CCC(/C=C/CCCC)CC1. The Morgan fingerprint density at radius 3 is 2.41 bits per heavy atom. The highest BCUT2D eigenvalue weighted by atomic mass is 14.2. The van der Waals surface area contributed by atoms with Crippen molar-refractivity contribution in [1.82, 2.24) is 0 Å². The van der Waals surface area contributed by atoms with Crippen LogP contribution in [0.2, 0.25) is 0 Å². The molecule has 0 unspecified atom stereocenters. The van der Waals surface area contributed by atoms with Gasteiger partial charge in [0.1, 0.15) is 0 Å². The molecular formula is C17H30. The number of hydrogen-bond donors (Lipinski definition) is 0. The Bertz CT molecular complexity index is 216. The van der Waals surface area contributed by atoms with Gasteiger partial charge in [-0.1, -0.05) is 44.1 Å². The van der Waals surface area contributed by atoms with E-state index < -0.39 is 0 Å². The lowest BCUT2D eigenvalue weighted by atomic mass is 9.80. The van der Waals surface area contributed by atoms with Gasteiger partial charge in [-0.25, -0.2) is 0 Å². The maximum Gasteiger partial charge on any atom is -0.0233 e. The second kappa shape index (κ2) is 9.50. The van der Waals surface area contributed by atoms with E-state index in [9.17, 15) is 0 Å². The Morgan fingerprint density at radius 1 is 1.00 bits per heavy atom. The lowest BCUT2D eigenvalue weighted by Crippen LogP contribution is -2.12. The fraction of sp³-hybridized carbons (Fsp3) is 0.765. The fourth-order valence-corrected chi connectivity index (χ4v) is 2.78. The maximum atomic E-state index is 2.50. The molecule has 17 heavy (non-hydrogen) atoms. The summed E-state index contributed by atoms with van der Waals surface area (Å²) in [6.45, 7) is 4.39. The Labute approximate surface area is 108 Å². The fourth-order valence-electron chi connectivity index (χ4n) is 2.78. The number of hydrogen-bond acceptors (Lipinski definition) is 0. The molecule has 1 aliphatic carbocycles. The first-order valence-corrected chi connectivity index (χ1v) is 7.64. The summed E-state index contributed by atoms with van der Waals surface area (Å²) in [5.74, 6) is 1.90. The minimum Gasteiger partial charge on any atom is -0.0917 e. The van der Waals surface area contributed by atoms with Gasteiger partial charge in [-0.15, -0.1) is 0 Å². The number of allylic oxidation sites excluding steroid dienone is 4. The van der Waals surface area contributed by atoms with Crippen LogP contribution in [0.4, 0.5) is 0 Å². The molecule has 0 aromatic rings. The van der Waals surface area contributed by atoms with Crippen molar-refractivity contribution in [2.45, 2.75) is 71.6 Å². The molecule has 1 fully saturated rings. The van der Waals surface area contributed by atoms with E-state index in [-0.39, 0.29) is 0 Å². The van der Waals surface area contributed by atoms with Crippen molar-refractivity contribution in [3.8, 4) is 0 Å². The number of unbranched alkanes of at least 4 members (excludes halogenated alkanes) is 2. The lowest BCUT2D eigenvalue weighted by molar-refractivity contribution is 0.297. The van der Waals surface area contributed by atoms with Crippen LogP contribution in [-0.4, -0.2) is 0 Å². The highest BCUT2D eigenvalue weighted by Crippen LogP contribution is 2.32. The van der Waals surface area contributed by atoms with E-state index in [1.807, 2.05) is 0 Å². The Balaban J connectivity index is 2.10. The second-order valence-electron chi connectivity index (χ2n) is 5.50. The van der Waals surface area contributed by atoms with Gasteiger partial charge in [-0.3, -0.25) is 0 Å². The molecular weight excluding hydrogens is 204 g/mol. The molecule has 0 amide bonds. The van der Waals surface area contributed by atoms with Crippen LogP contribution in [0, 0.1) is 11.8 Å². The maximum absolute atomic E-state index is 2.50. The van der Waals surface area contributed by atoms with Crippen LogP contribution in [-0.2, 0) is 0 Å². The van der Waals surface area contributed by atoms with Crippen molar-refractivity contribution in [2.24, 2.45) is 11.8 Å². The summed E-state index contributed by atoms with van der Waals surface area (Å²) in [6.07, 6.45) is 21.9. The minimum atomic E-state index is 0.893. The van der Waals surface area contributed by atoms with Crippen molar-refractivity contribution in [1.29, 1.82) is 0 Å². The lowest BCUT2D eigenvalue weighted by Gasteiger charge is -2.26. The zero-order valence-electron chi connectivity index (χ0n) is 11.8. The van der Waals surface area contributed by atoms with E-state index >= 15 is 0 Å². The van der Waals surface area contributed by atoms with Crippen molar-refractivity contribution < 1.29 is 0 Å². The van der Waals surface area contributed by atoms with E-state index in [0.29, 0.717) is 0 Å². The summed E-state index contributed by atoms with van der Waals surface area (Å²) in [5.41, 5.74) is 0. The van der Waals surface area contributed by atoms with Gasteiger partial charge >= 0.3 is 0 Å². The van der Waals surface area contributed by atoms with Crippen molar-refractivity contribution in [3.05, 3.63) is 24.3 Å². The average Bonchev–Trinajstić information content (AvgIpc) is 2.37. The van der Waals surface area contributed by atoms with Crippen molar-refractivity contribution in [2.75, 3.05) is 0 Å². The van der Waals surface area contributed by atoms with Gasteiger partial charge in [0.2, 0.25) is 0 Å². The largest absolute Gasteiger partial charge is 0.0917 e. The molecule has 0 spiro atoms. The second-order valence-corrected chi connectivity index (χ2v) is 5.50. The molecule has 0 bridgehead atoms. The molecule has 1 rings (SSSR count). The molecule has 1 saturated carbocycles. The highest BCUT2D eigenvalue weighted by Gasteiger charge is 2.18. The molecule has 0 nitrogen and oxygen atoms in total. The quantitative estimate of drug-likeness (QED) is 0.380. The van der Waals surface area contributed by atoms with E-state index in [1.54, 1.807) is 0 Å². The summed E-state index contributed by atoms with van der Waals surface area (Å²) in [4.78, 5) is 0. The highest BCUT2D eigenvalue weighted by molar-refractivity contribution is 4.91. The zero-order chi connectivity index (χ0) is 12.3. The first kappa shape index (κ1) is 14.5. The van der Waals surface area contributed by atoms with Gasteiger partial charge in [0, 0.05) is 0 Å². The monoisotopic (exact) mass is 234 g/mol. The molecule has 98 valence electrons. The van der Waals surface area contributed by atoms with Gasteiger partial charge in [-0.2, -0.15) is 0 Å². The van der Waals surface area contributed by atoms with Crippen LogP contribution >= 0.6 is 0 Å². The standard InChI is InChI=1S/C17H30/c1-3-5-7-9-11-17-14-12-16(13-15-17)10-8-6-4-2/h4,6,9,11,16-17H,3,5,7-8,10,12-15H2,1-2H3/b6-4+,11-9+. The van der Waals surface area contributed by atoms with Crippen LogP contribution in [0.1, 0.15) is 71.6 Å². The van der Waals surface area contributed by atoms with Gasteiger partial charge in [-0.05, 0) is 63.7 Å². The molecule has 0 heterocycles. The molecule has 0 aliphatic heterocycles. The van der Waals surface area contributed by atoms with Crippen molar-refractivity contribution in [3.63, 3.8) is 0 Å². The average molecular weight is 234 g/mol. The summed E-state index contributed by atoms with van der Waals surface area (Å²) >= 11 is 0. The van der Waals surface area contributed by atoms with E-state index in [2.05, 4.69) is 38.2 Å². The van der Waals surface area contributed by atoms with Crippen molar-refractivity contribution >= 4 is 0 Å². The Hall–Kier alpha value is -0.520. The minimum absolute atomic E-state index is 0.893. The van der Waals surface area contributed by atoms with E-state index in [4.69, 9.17) is 0 Å². The molecule has 1 aliphatic rings. The van der Waals surface area contributed by atoms with Gasteiger partial charge in [0.25, 0.3) is 0 Å². The van der Waals surface area contributed by atoms with Gasteiger partial charge in [0.05, 0.1) is 0 Å². The topological polar surface area (TPSA) is 0 Å². The predicted octanol–water partition coefficient (Wildman–Crippen LogP) is 5.90. The van der Waals surface area contributed by atoms with E-state index in [0.717, 1.165) is 11.8 Å². The van der Waals surface area contributed by atoms with Crippen LogP contribution in [0.15, 0.2) is 24.3 Å². The van der Waals surface area contributed by atoms with Crippen LogP contribution in [0.25, 0.3) is 0 Å². The summed E-state index contributed by atoms with van der Waals surface area (Å²) in [7, 11) is 0. The normalized spacial score (nSPS) is 26.0.